The van der Waals surface area contributed by atoms with Crippen LogP contribution in [0.15, 0.2) is 22.5 Å². The molecule has 0 fully saturated rings. The lowest BCUT2D eigenvalue weighted by Crippen LogP contribution is -2.45. The van der Waals surface area contributed by atoms with Crippen molar-refractivity contribution < 1.29 is 22.7 Å². The summed E-state index contributed by atoms with van der Waals surface area (Å²) in [6.45, 7) is 5.54. The molecule has 1 amide bonds. The van der Waals surface area contributed by atoms with E-state index >= 15 is 0 Å². The first-order valence-corrected chi connectivity index (χ1v) is 12.1. The van der Waals surface area contributed by atoms with Gasteiger partial charge in [0.25, 0.3) is 0 Å². The standard InChI is InChI=1S/C17H24N4O5S3/c1-10(2)27-17-20-19-16(28-17)18-15(22)11(3)21(29(6,23)24)13-9-12(25-4)7-8-14(13)26-5/h7-11H,1-6H3,(H,18,19,22). The van der Waals surface area contributed by atoms with E-state index in [-0.39, 0.29) is 5.69 Å². The van der Waals surface area contributed by atoms with Gasteiger partial charge in [0, 0.05) is 11.3 Å². The number of ether oxygens (including phenoxy) is 2. The Morgan fingerprint density at radius 3 is 2.45 bits per heavy atom. The number of anilines is 2. The number of amides is 1. The summed E-state index contributed by atoms with van der Waals surface area (Å²) in [5.74, 6) is 0.182. The second kappa shape index (κ2) is 9.63. The molecule has 160 valence electrons. The summed E-state index contributed by atoms with van der Waals surface area (Å²) in [5, 5.41) is 11.2. The number of nitrogens with one attached hydrogen (secondary N) is 1. The molecule has 1 N–H and O–H groups in total. The number of hydrogen-bond acceptors (Lipinski definition) is 9. The van der Waals surface area contributed by atoms with Crippen molar-refractivity contribution >= 4 is 49.8 Å². The normalized spacial score (nSPS) is 12.5. The number of nitrogens with zero attached hydrogens (tertiary/aromatic N) is 3. The summed E-state index contributed by atoms with van der Waals surface area (Å²) < 4.78 is 37.3. The third-order valence-electron chi connectivity index (χ3n) is 3.69. The fraction of sp³-hybridized carbons (Fsp3) is 0.471. The van der Waals surface area contributed by atoms with E-state index < -0.39 is 22.0 Å². The van der Waals surface area contributed by atoms with Crippen molar-refractivity contribution in [3.8, 4) is 11.5 Å². The van der Waals surface area contributed by atoms with Crippen LogP contribution >= 0.6 is 23.1 Å². The lowest BCUT2D eigenvalue weighted by Gasteiger charge is -2.29. The zero-order chi connectivity index (χ0) is 21.8. The minimum atomic E-state index is -3.82. The monoisotopic (exact) mass is 460 g/mol. The van der Waals surface area contributed by atoms with E-state index in [2.05, 4.69) is 15.5 Å². The largest absolute Gasteiger partial charge is 0.497 e. The summed E-state index contributed by atoms with van der Waals surface area (Å²) >= 11 is 2.76. The van der Waals surface area contributed by atoms with Crippen molar-refractivity contribution in [3.63, 3.8) is 0 Å². The van der Waals surface area contributed by atoms with Gasteiger partial charge in [-0.3, -0.25) is 14.4 Å². The summed E-state index contributed by atoms with van der Waals surface area (Å²) in [4.78, 5) is 12.8. The Bertz CT molecular complexity index is 962. The maximum atomic E-state index is 12.8. The summed E-state index contributed by atoms with van der Waals surface area (Å²) in [6, 6.07) is 3.65. The minimum absolute atomic E-state index is 0.199. The quantitative estimate of drug-likeness (QED) is 0.449. The number of sulfonamides is 1. The third kappa shape index (κ3) is 5.97. The van der Waals surface area contributed by atoms with Crippen LogP contribution in [0.4, 0.5) is 10.8 Å². The Hall–Kier alpha value is -2.05. The van der Waals surface area contributed by atoms with Crippen molar-refractivity contribution in [2.75, 3.05) is 30.1 Å². The molecule has 0 aliphatic rings. The fourth-order valence-corrected chi connectivity index (χ4v) is 5.62. The average Bonchev–Trinajstić information content (AvgIpc) is 3.06. The molecule has 1 unspecified atom stereocenters. The van der Waals surface area contributed by atoms with E-state index in [4.69, 9.17) is 9.47 Å². The van der Waals surface area contributed by atoms with E-state index in [0.717, 1.165) is 14.9 Å². The van der Waals surface area contributed by atoms with Gasteiger partial charge in [0.15, 0.2) is 4.34 Å². The Morgan fingerprint density at radius 1 is 1.21 bits per heavy atom. The van der Waals surface area contributed by atoms with E-state index in [1.165, 1.54) is 50.3 Å². The molecule has 1 aromatic carbocycles. The predicted octanol–water partition coefficient (Wildman–Crippen LogP) is 2.85. The van der Waals surface area contributed by atoms with Crippen molar-refractivity contribution in [2.24, 2.45) is 0 Å². The van der Waals surface area contributed by atoms with E-state index in [1.54, 1.807) is 12.1 Å². The first kappa shape index (κ1) is 23.2. The molecule has 0 aliphatic carbocycles. The van der Waals surface area contributed by atoms with Crippen molar-refractivity contribution in [2.45, 2.75) is 36.4 Å². The zero-order valence-electron chi connectivity index (χ0n) is 17.0. The number of aromatic nitrogens is 2. The number of carbonyl (C=O) groups is 1. The Morgan fingerprint density at radius 2 is 1.90 bits per heavy atom. The molecule has 0 aliphatic heterocycles. The Kier molecular flexibility index (Phi) is 7.72. The SMILES string of the molecule is COc1ccc(OC)c(N(C(C)C(=O)Nc2nnc(SC(C)C)s2)S(C)(=O)=O)c1. The zero-order valence-corrected chi connectivity index (χ0v) is 19.4. The molecule has 9 nitrogen and oxygen atoms in total. The van der Waals surface area contributed by atoms with Crippen LogP contribution in [0.25, 0.3) is 0 Å². The highest BCUT2D eigenvalue weighted by molar-refractivity contribution is 8.01. The lowest BCUT2D eigenvalue weighted by molar-refractivity contribution is -0.116. The van der Waals surface area contributed by atoms with Crippen LogP contribution in [-0.2, 0) is 14.8 Å². The van der Waals surface area contributed by atoms with E-state index in [1.807, 2.05) is 13.8 Å². The van der Waals surface area contributed by atoms with Gasteiger partial charge in [-0.25, -0.2) is 8.42 Å². The average molecular weight is 461 g/mol. The summed E-state index contributed by atoms with van der Waals surface area (Å²) in [6.07, 6.45) is 1.03. The molecule has 1 atom stereocenters. The summed E-state index contributed by atoms with van der Waals surface area (Å²) in [5.41, 5.74) is 0.199. The highest BCUT2D eigenvalue weighted by Gasteiger charge is 2.32. The van der Waals surface area contributed by atoms with Crippen LogP contribution in [-0.4, -0.2) is 56.3 Å². The number of benzene rings is 1. The molecule has 29 heavy (non-hydrogen) atoms. The molecule has 0 bridgehead atoms. The van der Waals surface area contributed by atoms with Crippen LogP contribution in [0.2, 0.25) is 0 Å². The number of hydrogen-bond donors (Lipinski definition) is 1. The fourth-order valence-electron chi connectivity index (χ4n) is 2.47. The molecule has 2 rings (SSSR count). The van der Waals surface area contributed by atoms with E-state index in [0.29, 0.717) is 21.9 Å². The van der Waals surface area contributed by atoms with Crippen LogP contribution in [0.5, 0.6) is 11.5 Å². The number of thioether (sulfide) groups is 1. The van der Waals surface area contributed by atoms with Crippen molar-refractivity contribution in [1.29, 1.82) is 0 Å². The highest BCUT2D eigenvalue weighted by Crippen LogP contribution is 2.35. The Labute approximate surface area is 178 Å². The molecular formula is C17H24N4O5S3. The second-order valence-electron chi connectivity index (χ2n) is 6.30. The molecular weight excluding hydrogens is 436 g/mol. The van der Waals surface area contributed by atoms with Gasteiger partial charge in [-0.2, -0.15) is 0 Å². The number of rotatable bonds is 9. The number of methoxy groups -OCH3 is 2. The third-order valence-corrected chi connectivity index (χ3v) is 6.84. The van der Waals surface area contributed by atoms with E-state index in [9.17, 15) is 13.2 Å². The maximum absolute atomic E-state index is 12.8. The van der Waals surface area contributed by atoms with Gasteiger partial charge < -0.3 is 9.47 Å². The van der Waals surface area contributed by atoms with Gasteiger partial charge in [0.1, 0.15) is 17.5 Å². The topological polar surface area (TPSA) is 111 Å². The molecule has 0 spiro atoms. The smallest absolute Gasteiger partial charge is 0.249 e. The van der Waals surface area contributed by atoms with Crippen molar-refractivity contribution in [1.82, 2.24) is 10.2 Å². The molecule has 0 saturated carbocycles. The molecule has 0 radical (unpaired) electrons. The molecule has 1 aromatic heterocycles. The van der Waals surface area contributed by atoms with Crippen LogP contribution in [0.3, 0.4) is 0 Å². The van der Waals surface area contributed by atoms with Gasteiger partial charge >= 0.3 is 0 Å². The van der Waals surface area contributed by atoms with Crippen molar-refractivity contribution in [3.05, 3.63) is 18.2 Å². The predicted molar refractivity (Wildman–Crippen MR) is 116 cm³/mol. The lowest BCUT2D eigenvalue weighted by atomic mass is 10.2. The van der Waals surface area contributed by atoms with Gasteiger partial charge in [0.05, 0.1) is 26.2 Å². The van der Waals surface area contributed by atoms with Gasteiger partial charge in [-0.1, -0.05) is 36.9 Å². The van der Waals surface area contributed by atoms with Gasteiger partial charge in [0.2, 0.25) is 21.1 Å². The van der Waals surface area contributed by atoms with Crippen LogP contribution < -0.4 is 19.1 Å². The minimum Gasteiger partial charge on any atom is -0.497 e. The molecule has 12 heteroatoms. The highest BCUT2D eigenvalue weighted by atomic mass is 32.2. The second-order valence-corrected chi connectivity index (χ2v) is 11.0. The maximum Gasteiger partial charge on any atom is 0.249 e. The van der Waals surface area contributed by atoms with Gasteiger partial charge in [-0.15, -0.1) is 10.2 Å². The van der Waals surface area contributed by atoms with Crippen LogP contribution in [0, 0.1) is 0 Å². The first-order valence-electron chi connectivity index (χ1n) is 8.59. The molecule has 2 aromatic rings. The Balaban J connectivity index is 2.33. The molecule has 1 heterocycles. The van der Waals surface area contributed by atoms with Crippen LogP contribution in [0.1, 0.15) is 20.8 Å². The molecule has 0 saturated heterocycles. The number of carbonyl (C=O) groups excluding carboxylic acids is 1. The first-order chi connectivity index (χ1) is 13.6. The van der Waals surface area contributed by atoms with Gasteiger partial charge in [-0.05, 0) is 19.1 Å². The summed E-state index contributed by atoms with van der Waals surface area (Å²) in [7, 11) is -0.933.